The summed E-state index contributed by atoms with van der Waals surface area (Å²) in [5, 5.41) is 0. The van der Waals surface area contributed by atoms with E-state index in [2.05, 4.69) is 77.3 Å². The van der Waals surface area contributed by atoms with Gasteiger partial charge in [0.25, 0.3) is 0 Å². The third kappa shape index (κ3) is 4.11. The molecule has 1 heteroatoms. The highest BCUT2D eigenvalue weighted by Gasteiger charge is 2.25. The molecule has 2 aromatic rings. The minimum Gasteiger partial charge on any atom is -0.357 e. The van der Waals surface area contributed by atoms with Gasteiger partial charge in [-0.1, -0.05) is 49.6 Å². The second kappa shape index (κ2) is 7.84. The first-order chi connectivity index (χ1) is 11.7. The summed E-state index contributed by atoms with van der Waals surface area (Å²) in [5.74, 6) is 0. The lowest BCUT2D eigenvalue weighted by molar-refractivity contribution is 0.0254. The minimum atomic E-state index is -0.151. The molecular formula is C24H30O. The van der Waals surface area contributed by atoms with Crippen LogP contribution in [0.15, 0.2) is 60.7 Å². The first-order valence-electron chi connectivity index (χ1n) is 8.82. The molecule has 0 N–H and O–H groups in total. The highest BCUT2D eigenvalue weighted by molar-refractivity contribution is 5.41. The van der Waals surface area contributed by atoms with Crippen molar-refractivity contribution in [1.82, 2.24) is 0 Å². The summed E-state index contributed by atoms with van der Waals surface area (Å²) >= 11 is 0. The smallest absolute Gasteiger partial charge is 0.105 e. The summed E-state index contributed by atoms with van der Waals surface area (Å²) < 4.78 is 6.67. The van der Waals surface area contributed by atoms with Crippen LogP contribution in [0.3, 0.4) is 0 Å². The van der Waals surface area contributed by atoms with Crippen molar-refractivity contribution < 1.29 is 4.74 Å². The van der Waals surface area contributed by atoms with Crippen LogP contribution in [0.5, 0.6) is 0 Å². The van der Waals surface area contributed by atoms with E-state index >= 15 is 0 Å². The average Bonchev–Trinajstić information content (AvgIpc) is 2.51. The molecule has 0 aliphatic rings. The third-order valence-electron chi connectivity index (χ3n) is 4.78. The summed E-state index contributed by atoms with van der Waals surface area (Å²) in [6, 6.07) is 12.7. The lowest BCUT2D eigenvalue weighted by Gasteiger charge is -2.30. The van der Waals surface area contributed by atoms with Gasteiger partial charge in [-0.25, -0.2) is 0 Å². The van der Waals surface area contributed by atoms with Crippen LogP contribution in [0.25, 0.3) is 0 Å². The zero-order chi connectivity index (χ0) is 18.7. The van der Waals surface area contributed by atoms with Crippen molar-refractivity contribution >= 4 is 0 Å². The SMILES string of the molecule is C=C(C)C(OC(C(=C)C)c1c(C)cccc1C)c1c(C)cccc1C. The molecule has 2 atom stereocenters. The number of hydrogen-bond acceptors (Lipinski definition) is 1. The van der Waals surface area contributed by atoms with Crippen LogP contribution < -0.4 is 0 Å². The van der Waals surface area contributed by atoms with E-state index in [-0.39, 0.29) is 12.2 Å². The Morgan fingerprint density at radius 3 is 1.20 bits per heavy atom. The number of ether oxygens (including phenoxy) is 1. The van der Waals surface area contributed by atoms with Crippen LogP contribution >= 0.6 is 0 Å². The molecule has 2 unspecified atom stereocenters. The fourth-order valence-corrected chi connectivity index (χ4v) is 3.48. The Labute approximate surface area is 153 Å². The van der Waals surface area contributed by atoms with Crippen molar-refractivity contribution in [1.29, 1.82) is 0 Å². The molecule has 0 fully saturated rings. The Hall–Kier alpha value is -2.12. The van der Waals surface area contributed by atoms with E-state index in [1.807, 2.05) is 13.8 Å². The van der Waals surface area contributed by atoms with Crippen molar-refractivity contribution in [3.05, 3.63) is 94.1 Å². The molecule has 0 radical (unpaired) electrons. The molecule has 2 aromatic carbocycles. The molecular weight excluding hydrogens is 304 g/mol. The lowest BCUT2D eigenvalue weighted by atomic mass is 9.91. The van der Waals surface area contributed by atoms with Gasteiger partial charge in [0.15, 0.2) is 0 Å². The molecule has 0 saturated carbocycles. The van der Waals surface area contributed by atoms with Gasteiger partial charge in [0, 0.05) is 0 Å². The fourth-order valence-electron chi connectivity index (χ4n) is 3.48. The van der Waals surface area contributed by atoms with Gasteiger partial charge in [-0.2, -0.15) is 0 Å². The fraction of sp³-hybridized carbons (Fsp3) is 0.333. The van der Waals surface area contributed by atoms with Gasteiger partial charge in [-0.15, -0.1) is 0 Å². The molecule has 2 rings (SSSR count). The maximum absolute atomic E-state index is 6.67. The van der Waals surface area contributed by atoms with Crippen molar-refractivity contribution in [3.63, 3.8) is 0 Å². The first kappa shape index (κ1) is 19.2. The molecule has 0 aromatic heterocycles. The Bertz CT molecular complexity index is 690. The Balaban J connectivity index is 2.53. The monoisotopic (exact) mass is 334 g/mol. The first-order valence-corrected chi connectivity index (χ1v) is 8.82. The highest BCUT2D eigenvalue weighted by atomic mass is 16.5. The number of rotatable bonds is 6. The minimum absolute atomic E-state index is 0.151. The molecule has 1 nitrogen and oxygen atoms in total. The maximum atomic E-state index is 6.67. The van der Waals surface area contributed by atoms with E-state index in [0.717, 1.165) is 11.1 Å². The molecule has 0 amide bonds. The molecule has 0 bridgehead atoms. The van der Waals surface area contributed by atoms with Gasteiger partial charge in [0.1, 0.15) is 12.2 Å². The number of hydrogen-bond donors (Lipinski definition) is 0. The van der Waals surface area contributed by atoms with Crippen molar-refractivity contribution in [2.24, 2.45) is 0 Å². The molecule has 0 aliphatic heterocycles. The topological polar surface area (TPSA) is 9.23 Å². The lowest BCUT2D eigenvalue weighted by Crippen LogP contribution is -2.16. The van der Waals surface area contributed by atoms with Crippen LogP contribution in [0, 0.1) is 27.7 Å². The Kier molecular flexibility index (Phi) is 6.02. The molecule has 0 heterocycles. The molecule has 0 spiro atoms. The third-order valence-corrected chi connectivity index (χ3v) is 4.78. The molecule has 0 saturated heterocycles. The zero-order valence-corrected chi connectivity index (χ0v) is 16.4. The summed E-state index contributed by atoms with van der Waals surface area (Å²) in [7, 11) is 0. The van der Waals surface area contributed by atoms with Gasteiger partial charge in [0.2, 0.25) is 0 Å². The van der Waals surface area contributed by atoms with E-state index in [1.165, 1.54) is 33.4 Å². The second-order valence-electron chi connectivity index (χ2n) is 7.20. The quantitative estimate of drug-likeness (QED) is 0.524. The van der Waals surface area contributed by atoms with E-state index in [0.29, 0.717) is 0 Å². The summed E-state index contributed by atoms with van der Waals surface area (Å²) in [4.78, 5) is 0. The van der Waals surface area contributed by atoms with Crippen molar-refractivity contribution in [3.8, 4) is 0 Å². The molecule has 25 heavy (non-hydrogen) atoms. The van der Waals surface area contributed by atoms with Crippen LogP contribution in [-0.4, -0.2) is 0 Å². The average molecular weight is 335 g/mol. The normalized spacial score (nSPS) is 13.4. The Morgan fingerprint density at radius 2 is 0.960 bits per heavy atom. The van der Waals surface area contributed by atoms with Crippen molar-refractivity contribution in [2.75, 3.05) is 0 Å². The predicted octanol–water partition coefficient (Wildman–Crippen LogP) is 6.87. The summed E-state index contributed by atoms with van der Waals surface area (Å²) in [6.07, 6.45) is -0.302. The van der Waals surface area contributed by atoms with Gasteiger partial charge in [0.05, 0.1) is 0 Å². The van der Waals surface area contributed by atoms with Gasteiger partial charge in [-0.3, -0.25) is 0 Å². The predicted molar refractivity (Wildman–Crippen MR) is 108 cm³/mol. The van der Waals surface area contributed by atoms with Crippen LogP contribution in [-0.2, 0) is 4.74 Å². The summed E-state index contributed by atoms with van der Waals surface area (Å²) in [6.45, 7) is 21.0. The van der Waals surface area contributed by atoms with Gasteiger partial charge < -0.3 is 4.74 Å². The number of aryl methyl sites for hydroxylation is 4. The second-order valence-corrected chi connectivity index (χ2v) is 7.20. The largest absolute Gasteiger partial charge is 0.357 e. The standard InChI is InChI=1S/C24H30O/c1-15(2)23(21-17(5)11-9-12-18(21)6)25-24(16(3)4)22-19(7)13-10-14-20(22)8/h9-14,23-24H,1,3H2,2,4-8H3. The zero-order valence-electron chi connectivity index (χ0n) is 16.4. The Morgan fingerprint density at radius 1 is 0.680 bits per heavy atom. The van der Waals surface area contributed by atoms with Gasteiger partial charge in [-0.05, 0) is 86.1 Å². The van der Waals surface area contributed by atoms with Crippen LogP contribution in [0.1, 0.15) is 59.4 Å². The van der Waals surface area contributed by atoms with E-state index < -0.39 is 0 Å². The summed E-state index contributed by atoms with van der Waals surface area (Å²) in [5.41, 5.74) is 9.37. The van der Waals surface area contributed by atoms with Gasteiger partial charge >= 0.3 is 0 Å². The van der Waals surface area contributed by atoms with Crippen LogP contribution in [0.4, 0.5) is 0 Å². The van der Waals surface area contributed by atoms with E-state index in [4.69, 9.17) is 4.74 Å². The highest BCUT2D eigenvalue weighted by Crippen LogP contribution is 2.39. The molecule has 132 valence electrons. The maximum Gasteiger partial charge on any atom is 0.105 e. The number of benzene rings is 2. The van der Waals surface area contributed by atoms with Crippen molar-refractivity contribution in [2.45, 2.75) is 53.8 Å². The molecule has 0 aliphatic carbocycles. The van der Waals surface area contributed by atoms with E-state index in [1.54, 1.807) is 0 Å². The van der Waals surface area contributed by atoms with E-state index in [9.17, 15) is 0 Å². The van der Waals surface area contributed by atoms with Crippen LogP contribution in [0.2, 0.25) is 0 Å².